The van der Waals surface area contributed by atoms with Crippen molar-refractivity contribution in [2.75, 3.05) is 12.8 Å². The largest absolute Gasteiger partial charge is 0.501 e. The molecule has 0 unspecified atom stereocenters. The molecule has 1 aliphatic rings. The molecule has 128 valence electrons. The molecule has 0 radical (unpaired) electrons. The number of rotatable bonds is 6. The highest BCUT2D eigenvalue weighted by molar-refractivity contribution is 5.31. The van der Waals surface area contributed by atoms with Crippen LogP contribution in [-0.2, 0) is 11.2 Å². The number of hydrogen-bond donors (Lipinski definition) is 1. The Labute approximate surface area is 143 Å². The van der Waals surface area contributed by atoms with E-state index in [1.165, 1.54) is 32.1 Å². The number of pyridine rings is 1. The molecule has 2 aromatic rings. The first-order valence-electron chi connectivity index (χ1n) is 8.64. The maximum Gasteiger partial charge on any atom is 0.123 e. The summed E-state index contributed by atoms with van der Waals surface area (Å²) in [5, 5.41) is 0. The molecule has 2 N–H and O–H groups in total. The fourth-order valence-corrected chi connectivity index (χ4v) is 3.43. The molecule has 2 heterocycles. The van der Waals surface area contributed by atoms with Crippen LogP contribution in [0.15, 0.2) is 43.2 Å². The van der Waals surface area contributed by atoms with Crippen molar-refractivity contribution in [3.63, 3.8) is 0 Å². The van der Waals surface area contributed by atoms with Gasteiger partial charge < -0.3 is 15.0 Å². The maximum absolute atomic E-state index is 5.67. The molecule has 1 aliphatic carbocycles. The molecule has 1 atom stereocenters. The number of aromatic nitrogens is 3. The highest BCUT2D eigenvalue weighted by Crippen LogP contribution is 2.31. The van der Waals surface area contributed by atoms with E-state index in [1.807, 2.05) is 24.7 Å². The van der Waals surface area contributed by atoms with Crippen LogP contribution in [0.2, 0.25) is 0 Å². The van der Waals surface area contributed by atoms with Gasteiger partial charge in [-0.25, -0.2) is 9.97 Å². The van der Waals surface area contributed by atoms with E-state index in [1.54, 1.807) is 7.11 Å². The lowest BCUT2D eigenvalue weighted by molar-refractivity contribution is 0.264. The number of hydrogen-bond acceptors (Lipinski definition) is 4. The van der Waals surface area contributed by atoms with E-state index in [9.17, 15) is 0 Å². The van der Waals surface area contributed by atoms with Gasteiger partial charge in [-0.15, -0.1) is 0 Å². The van der Waals surface area contributed by atoms with Crippen molar-refractivity contribution < 1.29 is 4.74 Å². The molecule has 0 aliphatic heterocycles. The first-order valence-corrected chi connectivity index (χ1v) is 8.64. The van der Waals surface area contributed by atoms with Gasteiger partial charge >= 0.3 is 0 Å². The Morgan fingerprint density at radius 2 is 2.12 bits per heavy atom. The summed E-state index contributed by atoms with van der Waals surface area (Å²) in [4.78, 5) is 8.82. The SMILES string of the molecule is C=C(OC)[C@H](Cc1ccc(N)nc1)c1cn(C2CCCCC2)cn1. The van der Waals surface area contributed by atoms with Crippen LogP contribution in [0.1, 0.15) is 55.3 Å². The standard InChI is InChI=1S/C19H26N4O/c1-14(24-2)17(10-15-8-9-19(20)21-11-15)18-12-23(13-22-18)16-6-4-3-5-7-16/h8-9,11-13,16-17H,1,3-7,10H2,2H3,(H2,20,21)/t17-/m0/s1. The summed E-state index contributed by atoms with van der Waals surface area (Å²) in [5.74, 6) is 1.27. The smallest absolute Gasteiger partial charge is 0.123 e. The Morgan fingerprint density at radius 1 is 1.33 bits per heavy atom. The Balaban J connectivity index is 1.79. The molecular formula is C19H26N4O. The molecule has 3 rings (SSSR count). The normalized spacial score (nSPS) is 16.7. The Morgan fingerprint density at radius 3 is 2.79 bits per heavy atom. The molecule has 1 fully saturated rings. The predicted molar refractivity (Wildman–Crippen MR) is 95.6 cm³/mol. The van der Waals surface area contributed by atoms with Gasteiger partial charge in [-0.2, -0.15) is 0 Å². The zero-order chi connectivity index (χ0) is 16.9. The van der Waals surface area contributed by atoms with Crippen molar-refractivity contribution in [3.8, 4) is 0 Å². The second kappa shape index (κ2) is 7.51. The number of anilines is 1. The van der Waals surface area contributed by atoms with Crippen molar-refractivity contribution in [2.24, 2.45) is 0 Å². The summed E-state index contributed by atoms with van der Waals surface area (Å²) in [5.41, 5.74) is 7.77. The van der Waals surface area contributed by atoms with E-state index in [-0.39, 0.29) is 5.92 Å². The lowest BCUT2D eigenvalue weighted by Gasteiger charge is -2.22. The van der Waals surface area contributed by atoms with E-state index in [0.717, 1.165) is 23.4 Å². The molecular weight excluding hydrogens is 300 g/mol. The van der Waals surface area contributed by atoms with Crippen LogP contribution < -0.4 is 5.73 Å². The lowest BCUT2D eigenvalue weighted by atomic mass is 9.94. The molecule has 2 aromatic heterocycles. The van der Waals surface area contributed by atoms with Crippen LogP contribution in [0.25, 0.3) is 0 Å². The minimum atomic E-state index is 0.0188. The monoisotopic (exact) mass is 326 g/mol. The number of nitrogens with two attached hydrogens (primary N) is 1. The Kier molecular flexibility index (Phi) is 5.18. The third kappa shape index (κ3) is 3.78. The fraction of sp³-hybridized carbons (Fsp3) is 0.474. The van der Waals surface area contributed by atoms with Gasteiger partial charge in [-0.1, -0.05) is 31.9 Å². The van der Waals surface area contributed by atoms with E-state index < -0.39 is 0 Å². The summed E-state index contributed by atoms with van der Waals surface area (Å²) in [6.45, 7) is 4.07. The van der Waals surface area contributed by atoms with Gasteiger partial charge in [0, 0.05) is 18.4 Å². The van der Waals surface area contributed by atoms with Crippen molar-refractivity contribution in [3.05, 3.63) is 54.4 Å². The summed E-state index contributed by atoms with van der Waals surface area (Å²) >= 11 is 0. The number of nitrogen functional groups attached to an aromatic ring is 1. The van der Waals surface area contributed by atoms with Crippen molar-refractivity contribution in [2.45, 2.75) is 50.5 Å². The van der Waals surface area contributed by atoms with Crippen LogP contribution in [0.3, 0.4) is 0 Å². The summed E-state index contributed by atoms with van der Waals surface area (Å²) in [7, 11) is 1.66. The Hall–Kier alpha value is -2.30. The van der Waals surface area contributed by atoms with Gasteiger partial charge in [0.05, 0.1) is 30.8 Å². The third-order valence-electron chi connectivity index (χ3n) is 4.91. The molecule has 1 saturated carbocycles. The van der Waals surface area contributed by atoms with Crippen molar-refractivity contribution in [1.29, 1.82) is 0 Å². The summed E-state index contributed by atoms with van der Waals surface area (Å²) < 4.78 is 7.70. The van der Waals surface area contributed by atoms with Crippen LogP contribution >= 0.6 is 0 Å². The highest BCUT2D eigenvalue weighted by Gasteiger charge is 2.22. The number of imidazole rings is 1. The van der Waals surface area contributed by atoms with Gasteiger partial charge in [0.1, 0.15) is 5.82 Å². The number of methoxy groups -OCH3 is 1. The molecule has 0 spiro atoms. The van der Waals surface area contributed by atoms with Gasteiger partial charge in [-0.05, 0) is 30.9 Å². The van der Waals surface area contributed by atoms with Crippen LogP contribution in [0, 0.1) is 0 Å². The fourth-order valence-electron chi connectivity index (χ4n) is 3.43. The van der Waals surface area contributed by atoms with E-state index in [2.05, 4.69) is 27.3 Å². The first-order chi connectivity index (χ1) is 11.7. The zero-order valence-electron chi connectivity index (χ0n) is 14.3. The lowest BCUT2D eigenvalue weighted by Crippen LogP contribution is -2.11. The summed E-state index contributed by atoms with van der Waals surface area (Å²) in [6.07, 6.45) is 13.1. The molecule has 0 amide bonds. The van der Waals surface area contributed by atoms with Crippen molar-refractivity contribution in [1.82, 2.24) is 14.5 Å². The van der Waals surface area contributed by atoms with Gasteiger partial charge in [-0.3, -0.25) is 0 Å². The van der Waals surface area contributed by atoms with Crippen LogP contribution in [0.4, 0.5) is 5.82 Å². The average Bonchev–Trinajstić information content (AvgIpc) is 3.11. The number of allylic oxidation sites excluding steroid dienone is 1. The number of nitrogens with zero attached hydrogens (tertiary/aromatic N) is 3. The second-order valence-corrected chi connectivity index (χ2v) is 6.56. The van der Waals surface area contributed by atoms with Crippen LogP contribution in [-0.4, -0.2) is 21.6 Å². The third-order valence-corrected chi connectivity index (χ3v) is 4.91. The Bertz CT molecular complexity index is 671. The minimum absolute atomic E-state index is 0.0188. The van der Waals surface area contributed by atoms with Gasteiger partial charge in [0.2, 0.25) is 0 Å². The second-order valence-electron chi connectivity index (χ2n) is 6.56. The van der Waals surface area contributed by atoms with Crippen LogP contribution in [0.5, 0.6) is 0 Å². The number of ether oxygens (including phenoxy) is 1. The average molecular weight is 326 g/mol. The molecule has 24 heavy (non-hydrogen) atoms. The van der Waals surface area contributed by atoms with Crippen molar-refractivity contribution >= 4 is 5.82 Å². The van der Waals surface area contributed by atoms with Gasteiger partial charge in [0.15, 0.2) is 0 Å². The minimum Gasteiger partial charge on any atom is -0.501 e. The molecule has 0 aromatic carbocycles. The molecule has 5 heteroatoms. The maximum atomic E-state index is 5.67. The predicted octanol–water partition coefficient (Wildman–Crippen LogP) is 3.85. The summed E-state index contributed by atoms with van der Waals surface area (Å²) in [6, 6.07) is 4.40. The van der Waals surface area contributed by atoms with E-state index in [0.29, 0.717) is 11.9 Å². The molecule has 0 saturated heterocycles. The van der Waals surface area contributed by atoms with Gasteiger partial charge in [0.25, 0.3) is 0 Å². The molecule has 5 nitrogen and oxygen atoms in total. The van der Waals surface area contributed by atoms with E-state index in [4.69, 9.17) is 10.5 Å². The quantitative estimate of drug-likeness (QED) is 0.819. The molecule has 0 bridgehead atoms. The zero-order valence-corrected chi connectivity index (χ0v) is 14.3. The van der Waals surface area contributed by atoms with E-state index >= 15 is 0 Å². The topological polar surface area (TPSA) is 66.0 Å². The first kappa shape index (κ1) is 16.6. The highest BCUT2D eigenvalue weighted by atomic mass is 16.5.